The Balaban J connectivity index is 1.78. The quantitative estimate of drug-likeness (QED) is 0.927. The first-order valence-electron chi connectivity index (χ1n) is 6.82. The van der Waals surface area contributed by atoms with E-state index >= 15 is 0 Å². The molecule has 0 bridgehead atoms. The predicted octanol–water partition coefficient (Wildman–Crippen LogP) is 2.32. The zero-order valence-corrected chi connectivity index (χ0v) is 12.4. The van der Waals surface area contributed by atoms with Crippen molar-refractivity contribution in [1.82, 2.24) is 4.90 Å². The highest BCUT2D eigenvalue weighted by Gasteiger charge is 2.53. The molecule has 1 N–H and O–H groups in total. The fourth-order valence-corrected chi connectivity index (χ4v) is 3.25. The van der Waals surface area contributed by atoms with Gasteiger partial charge in [-0.3, -0.25) is 4.79 Å². The van der Waals surface area contributed by atoms with Gasteiger partial charge in [0.2, 0.25) is 5.91 Å². The SMILES string of the molecule is O=C(N1CCC(CO)C1)C1(c2ccc(Br)cc2)CC1. The van der Waals surface area contributed by atoms with Crippen LogP contribution in [-0.2, 0) is 10.2 Å². The second-order valence-electron chi connectivity index (χ2n) is 5.68. The van der Waals surface area contributed by atoms with Gasteiger partial charge < -0.3 is 10.0 Å². The monoisotopic (exact) mass is 323 g/mol. The molecule has 1 aromatic carbocycles. The van der Waals surface area contributed by atoms with E-state index in [4.69, 9.17) is 0 Å². The first kappa shape index (κ1) is 13.1. The lowest BCUT2D eigenvalue weighted by molar-refractivity contribution is -0.133. The molecule has 0 radical (unpaired) electrons. The van der Waals surface area contributed by atoms with E-state index in [1.54, 1.807) is 0 Å². The standard InChI is InChI=1S/C15H18BrNO2/c16-13-3-1-12(2-4-13)15(6-7-15)14(19)17-8-5-11(9-17)10-18/h1-4,11,18H,5-10H2. The number of aliphatic hydroxyl groups excluding tert-OH is 1. The van der Waals surface area contributed by atoms with E-state index in [0.717, 1.165) is 35.8 Å². The number of aliphatic hydroxyl groups is 1. The number of rotatable bonds is 3. The van der Waals surface area contributed by atoms with E-state index in [0.29, 0.717) is 6.54 Å². The summed E-state index contributed by atoms with van der Waals surface area (Å²) in [5, 5.41) is 9.19. The Morgan fingerprint density at radius 1 is 1.37 bits per heavy atom. The summed E-state index contributed by atoms with van der Waals surface area (Å²) in [6.07, 6.45) is 2.83. The minimum absolute atomic E-state index is 0.190. The van der Waals surface area contributed by atoms with Crippen molar-refractivity contribution in [2.45, 2.75) is 24.7 Å². The van der Waals surface area contributed by atoms with Crippen LogP contribution in [0.3, 0.4) is 0 Å². The number of nitrogens with zero attached hydrogens (tertiary/aromatic N) is 1. The lowest BCUT2D eigenvalue weighted by Crippen LogP contribution is -2.38. The Morgan fingerprint density at radius 2 is 2.05 bits per heavy atom. The van der Waals surface area contributed by atoms with Crippen LogP contribution in [0.15, 0.2) is 28.7 Å². The minimum Gasteiger partial charge on any atom is -0.396 e. The summed E-state index contributed by atoms with van der Waals surface area (Å²) in [4.78, 5) is 14.6. The van der Waals surface area contributed by atoms with Crippen molar-refractivity contribution in [3.63, 3.8) is 0 Å². The second-order valence-corrected chi connectivity index (χ2v) is 6.59. The lowest BCUT2D eigenvalue weighted by atomic mass is 9.94. The molecule has 1 saturated carbocycles. The maximum absolute atomic E-state index is 12.7. The molecule has 102 valence electrons. The van der Waals surface area contributed by atoms with Gasteiger partial charge in [0.05, 0.1) is 5.41 Å². The van der Waals surface area contributed by atoms with Gasteiger partial charge in [-0.15, -0.1) is 0 Å². The summed E-state index contributed by atoms with van der Waals surface area (Å²) in [6, 6.07) is 8.11. The Bertz CT molecular complexity index is 481. The summed E-state index contributed by atoms with van der Waals surface area (Å²) in [5.41, 5.74) is 0.860. The van der Waals surface area contributed by atoms with Gasteiger partial charge in [-0.2, -0.15) is 0 Å². The highest BCUT2D eigenvalue weighted by Crippen LogP contribution is 2.50. The third-order valence-corrected chi connectivity index (χ3v) is 4.92. The van der Waals surface area contributed by atoms with E-state index in [-0.39, 0.29) is 23.8 Å². The molecule has 1 atom stereocenters. The normalized spacial score (nSPS) is 24.5. The predicted molar refractivity (Wildman–Crippen MR) is 76.8 cm³/mol. The van der Waals surface area contributed by atoms with Crippen LogP contribution in [0, 0.1) is 5.92 Å². The molecular weight excluding hydrogens is 306 g/mol. The van der Waals surface area contributed by atoms with Gasteiger partial charge in [-0.25, -0.2) is 0 Å². The van der Waals surface area contributed by atoms with Crippen molar-refractivity contribution in [1.29, 1.82) is 0 Å². The molecule has 0 aromatic heterocycles. The summed E-state index contributed by atoms with van der Waals surface area (Å²) < 4.78 is 1.04. The molecule has 1 aliphatic carbocycles. The van der Waals surface area contributed by atoms with Gasteiger partial charge in [0, 0.05) is 30.1 Å². The maximum Gasteiger partial charge on any atom is 0.233 e. The Kier molecular flexibility index (Phi) is 3.39. The minimum atomic E-state index is -0.273. The molecule has 2 fully saturated rings. The smallest absolute Gasteiger partial charge is 0.233 e. The van der Waals surface area contributed by atoms with Crippen molar-refractivity contribution in [2.24, 2.45) is 5.92 Å². The van der Waals surface area contributed by atoms with E-state index in [2.05, 4.69) is 28.1 Å². The summed E-state index contributed by atoms with van der Waals surface area (Å²) in [6.45, 7) is 1.70. The molecule has 1 aromatic rings. The zero-order chi connectivity index (χ0) is 13.5. The Hall–Kier alpha value is -0.870. The van der Waals surface area contributed by atoms with Crippen LogP contribution >= 0.6 is 15.9 Å². The molecule has 1 heterocycles. The van der Waals surface area contributed by atoms with Crippen LogP contribution in [0.2, 0.25) is 0 Å². The third kappa shape index (κ3) is 2.32. The average molecular weight is 324 g/mol. The molecule has 1 unspecified atom stereocenters. The maximum atomic E-state index is 12.7. The molecule has 4 heteroatoms. The third-order valence-electron chi connectivity index (χ3n) is 4.39. The van der Waals surface area contributed by atoms with Crippen molar-refractivity contribution >= 4 is 21.8 Å². The lowest BCUT2D eigenvalue weighted by Gasteiger charge is -2.23. The fraction of sp³-hybridized carbons (Fsp3) is 0.533. The van der Waals surface area contributed by atoms with Gasteiger partial charge >= 0.3 is 0 Å². The van der Waals surface area contributed by atoms with E-state index in [9.17, 15) is 9.90 Å². The summed E-state index contributed by atoms with van der Waals surface area (Å²) >= 11 is 3.43. The molecular formula is C15H18BrNO2. The Morgan fingerprint density at radius 3 is 2.58 bits per heavy atom. The zero-order valence-electron chi connectivity index (χ0n) is 10.8. The van der Waals surface area contributed by atoms with Crippen molar-refractivity contribution in [3.8, 4) is 0 Å². The van der Waals surface area contributed by atoms with E-state index < -0.39 is 0 Å². The van der Waals surface area contributed by atoms with Crippen LogP contribution in [-0.4, -0.2) is 35.6 Å². The number of benzene rings is 1. The second kappa shape index (κ2) is 4.91. The van der Waals surface area contributed by atoms with Crippen molar-refractivity contribution < 1.29 is 9.90 Å². The first-order chi connectivity index (χ1) is 9.15. The van der Waals surface area contributed by atoms with Gasteiger partial charge in [0.15, 0.2) is 0 Å². The fourth-order valence-electron chi connectivity index (χ4n) is 2.99. The van der Waals surface area contributed by atoms with Crippen LogP contribution in [0.5, 0.6) is 0 Å². The molecule has 3 nitrogen and oxygen atoms in total. The number of halogens is 1. The molecule has 19 heavy (non-hydrogen) atoms. The van der Waals surface area contributed by atoms with Crippen LogP contribution < -0.4 is 0 Å². The number of amides is 1. The van der Waals surface area contributed by atoms with E-state index in [1.807, 2.05) is 17.0 Å². The summed E-state index contributed by atoms with van der Waals surface area (Å²) in [7, 11) is 0. The average Bonchev–Trinajstić information content (AvgIpc) is 3.09. The molecule has 0 spiro atoms. The highest BCUT2D eigenvalue weighted by molar-refractivity contribution is 9.10. The summed E-state index contributed by atoms with van der Waals surface area (Å²) in [5.74, 6) is 0.524. The van der Waals surface area contributed by atoms with E-state index in [1.165, 1.54) is 0 Å². The molecule has 1 amide bonds. The van der Waals surface area contributed by atoms with Crippen LogP contribution in [0.1, 0.15) is 24.8 Å². The van der Waals surface area contributed by atoms with Gasteiger partial charge in [-0.1, -0.05) is 28.1 Å². The van der Waals surface area contributed by atoms with Crippen molar-refractivity contribution in [3.05, 3.63) is 34.3 Å². The molecule has 3 rings (SSSR count). The van der Waals surface area contributed by atoms with Crippen molar-refractivity contribution in [2.75, 3.05) is 19.7 Å². The number of carbonyl (C=O) groups is 1. The topological polar surface area (TPSA) is 40.5 Å². The molecule has 1 saturated heterocycles. The molecule has 1 aliphatic heterocycles. The van der Waals surface area contributed by atoms with Crippen LogP contribution in [0.4, 0.5) is 0 Å². The number of carbonyl (C=O) groups excluding carboxylic acids is 1. The molecule has 2 aliphatic rings. The highest BCUT2D eigenvalue weighted by atomic mass is 79.9. The van der Waals surface area contributed by atoms with Gasteiger partial charge in [0.25, 0.3) is 0 Å². The largest absolute Gasteiger partial charge is 0.396 e. The number of hydrogen-bond donors (Lipinski definition) is 1. The number of likely N-dealkylation sites (tertiary alicyclic amines) is 1. The Labute approximate surface area is 121 Å². The number of hydrogen-bond acceptors (Lipinski definition) is 2. The first-order valence-corrected chi connectivity index (χ1v) is 7.61. The van der Waals surface area contributed by atoms with Crippen LogP contribution in [0.25, 0.3) is 0 Å². The van der Waals surface area contributed by atoms with Gasteiger partial charge in [0.1, 0.15) is 0 Å². The van der Waals surface area contributed by atoms with Gasteiger partial charge in [-0.05, 0) is 37.0 Å².